The van der Waals surface area contributed by atoms with Crippen molar-refractivity contribution in [1.29, 1.82) is 0 Å². The number of rotatable bonds is 62. The largest absolute Gasteiger partial charge is 0.477 e. The van der Waals surface area contributed by atoms with Gasteiger partial charge in [0.25, 0.3) is 6.29 Å². The number of hydrogen-bond acceptors (Lipinski definition) is 7. The molecule has 0 aromatic heterocycles. The lowest BCUT2D eigenvalue weighted by atomic mass is 10.0. The molecule has 0 aromatic carbocycles. The van der Waals surface area contributed by atoms with Crippen molar-refractivity contribution in [2.45, 2.75) is 296 Å². The number of likely N-dealkylation sites (N-methyl/N-ethyl adjacent to an activating group) is 1. The van der Waals surface area contributed by atoms with Gasteiger partial charge in [0, 0.05) is 12.8 Å². The van der Waals surface area contributed by atoms with Crippen LogP contribution in [0.5, 0.6) is 0 Å². The quantitative estimate of drug-likeness (QED) is 0.0211. The van der Waals surface area contributed by atoms with Gasteiger partial charge in [-0.15, -0.1) is 0 Å². The van der Waals surface area contributed by atoms with Crippen molar-refractivity contribution in [2.24, 2.45) is 0 Å². The first-order valence-corrected chi connectivity index (χ1v) is 34.1. The maximum atomic E-state index is 12.9. The molecule has 1 N–H and O–H groups in total. The summed E-state index contributed by atoms with van der Waals surface area (Å²) in [7, 11) is 5.96. The Morgan fingerprint density at radius 1 is 0.373 bits per heavy atom. The van der Waals surface area contributed by atoms with E-state index in [4.69, 9.17) is 18.9 Å². The second kappa shape index (κ2) is 64.0. The Morgan fingerprint density at radius 2 is 0.687 bits per heavy atom. The van der Waals surface area contributed by atoms with E-state index in [1.54, 1.807) is 0 Å². The van der Waals surface area contributed by atoms with Crippen LogP contribution < -0.4 is 0 Å². The SMILES string of the molecule is CC/C=C\C/C=C\C/C=C\C/C=C\C/C=C\C/C=C\C/C=C\C/C=C\CCCCCCC(=O)OC(COC(=O)CCCCCCCCCCCCCCCCCCC/C=C\CCCCCCCCCC)COC(OCC[N+](C)(C)C)C(=O)O. The number of quaternary nitrogens is 1. The number of hydrogen-bond donors (Lipinski definition) is 1. The zero-order chi connectivity index (χ0) is 60.5. The molecule has 0 aliphatic rings. The topological polar surface area (TPSA) is 108 Å². The number of allylic oxidation sites excluding steroid dienone is 18. The molecule has 0 aliphatic heterocycles. The molecule has 2 atom stereocenters. The van der Waals surface area contributed by atoms with Crippen LogP contribution in [0.4, 0.5) is 0 Å². The van der Waals surface area contributed by atoms with E-state index in [0.717, 1.165) is 96.3 Å². The average molecular weight is 1160 g/mol. The predicted octanol–water partition coefficient (Wildman–Crippen LogP) is 21.0. The van der Waals surface area contributed by atoms with Gasteiger partial charge in [-0.25, -0.2) is 4.79 Å². The second-order valence-corrected chi connectivity index (χ2v) is 23.7. The molecule has 0 bridgehead atoms. The lowest BCUT2D eigenvalue weighted by Gasteiger charge is -2.25. The van der Waals surface area contributed by atoms with E-state index < -0.39 is 24.3 Å². The first-order chi connectivity index (χ1) is 40.6. The van der Waals surface area contributed by atoms with Crippen LogP contribution in [0.15, 0.2) is 109 Å². The Morgan fingerprint density at radius 3 is 1.04 bits per heavy atom. The van der Waals surface area contributed by atoms with Crippen molar-refractivity contribution >= 4 is 17.9 Å². The third-order valence-electron chi connectivity index (χ3n) is 14.5. The van der Waals surface area contributed by atoms with Gasteiger partial charge < -0.3 is 28.5 Å². The summed E-state index contributed by atoms with van der Waals surface area (Å²) in [5, 5.41) is 9.74. The number of nitrogens with zero attached hydrogens (tertiary/aromatic N) is 1. The summed E-state index contributed by atoms with van der Waals surface area (Å²) in [6.45, 7) is 4.75. The highest BCUT2D eigenvalue weighted by atomic mass is 16.7. The second-order valence-electron chi connectivity index (χ2n) is 23.7. The molecule has 0 saturated heterocycles. The number of carboxylic acids is 1. The third-order valence-corrected chi connectivity index (χ3v) is 14.5. The molecule has 9 nitrogen and oxygen atoms in total. The standard InChI is InChI=1S/C74H127NO8/c1-6-8-10-12-14-16-18-20-22-24-26-28-30-32-34-36-38-40-42-44-46-48-50-52-54-56-58-60-62-64-71(76)81-68-70(69-82-74(73(78)79)80-67-66-75(3,4)5)83-72(77)65-63-61-59-57-55-53-51-49-47-45-43-41-39-37-35-33-31-29-27-25-23-21-19-17-15-13-11-9-7-2/h9,11,15,17,21,23-24,26-27,29,33,35,39,41,45,47,51,53,70,74H,6-8,10,12-14,16,18-20,22,25,28,30-32,34,36-38,40,42-44,46,48-50,52,54-69H2,1-5H3/p+1/b11-9-,17-15-,23-21-,26-24-,29-27-,35-33-,41-39-,47-45-,53-51-. The van der Waals surface area contributed by atoms with Crippen molar-refractivity contribution in [2.75, 3.05) is 47.5 Å². The van der Waals surface area contributed by atoms with Crippen molar-refractivity contribution in [3.05, 3.63) is 109 Å². The van der Waals surface area contributed by atoms with Gasteiger partial charge in [0.1, 0.15) is 13.2 Å². The highest BCUT2D eigenvalue weighted by molar-refractivity contribution is 5.71. The third kappa shape index (κ3) is 65.3. The monoisotopic (exact) mass is 1160 g/mol. The fourth-order valence-corrected chi connectivity index (χ4v) is 9.32. The fourth-order valence-electron chi connectivity index (χ4n) is 9.32. The maximum absolute atomic E-state index is 12.9. The number of unbranched alkanes of at least 4 members (excludes halogenated alkanes) is 29. The van der Waals surface area contributed by atoms with E-state index in [-0.39, 0.29) is 32.2 Å². The van der Waals surface area contributed by atoms with Crippen LogP contribution in [0.3, 0.4) is 0 Å². The molecule has 83 heavy (non-hydrogen) atoms. The van der Waals surface area contributed by atoms with Crippen LogP contribution in [0.1, 0.15) is 284 Å². The summed E-state index contributed by atoms with van der Waals surface area (Å²) in [5.74, 6) is -2.04. The lowest BCUT2D eigenvalue weighted by molar-refractivity contribution is -0.870. The van der Waals surface area contributed by atoms with Crippen LogP contribution >= 0.6 is 0 Å². The van der Waals surface area contributed by atoms with Gasteiger partial charge in [-0.2, -0.15) is 0 Å². The molecule has 9 heteroatoms. The molecule has 0 spiro atoms. The summed E-state index contributed by atoms with van der Waals surface area (Å²) >= 11 is 0. The number of aliphatic carboxylic acids is 1. The Bertz CT molecular complexity index is 1730. The zero-order valence-corrected chi connectivity index (χ0v) is 54.3. The van der Waals surface area contributed by atoms with Crippen molar-refractivity contribution in [3.63, 3.8) is 0 Å². The van der Waals surface area contributed by atoms with Gasteiger partial charge >= 0.3 is 17.9 Å². The number of carboxylic acid groups (broad SMARTS) is 1. The minimum absolute atomic E-state index is 0.178. The molecule has 0 aromatic rings. The van der Waals surface area contributed by atoms with E-state index in [2.05, 4.69) is 123 Å². The summed E-state index contributed by atoms with van der Waals surface area (Å²) in [4.78, 5) is 37.6. The predicted molar refractivity (Wildman–Crippen MR) is 355 cm³/mol. The Hall–Kier alpha value is -4.05. The summed E-state index contributed by atoms with van der Waals surface area (Å²) < 4.78 is 22.9. The van der Waals surface area contributed by atoms with E-state index in [9.17, 15) is 19.5 Å². The molecular formula is C74H128NO8+. The Balaban J connectivity index is 4.21. The molecule has 0 fully saturated rings. The molecule has 0 saturated carbocycles. The lowest BCUT2D eigenvalue weighted by Crippen LogP contribution is -2.40. The minimum atomic E-state index is -1.52. The Kier molecular flexibility index (Phi) is 60.8. The van der Waals surface area contributed by atoms with E-state index in [1.165, 1.54) is 154 Å². The number of carbonyl (C=O) groups excluding carboxylic acids is 2. The fraction of sp³-hybridized carbons (Fsp3) is 0.716. The average Bonchev–Trinajstić information content (AvgIpc) is 3.46. The zero-order valence-electron chi connectivity index (χ0n) is 54.3. The highest BCUT2D eigenvalue weighted by Crippen LogP contribution is 2.17. The first kappa shape index (κ1) is 79.0. The van der Waals surface area contributed by atoms with Gasteiger partial charge in [-0.3, -0.25) is 9.59 Å². The van der Waals surface area contributed by atoms with Crippen LogP contribution in [0, 0.1) is 0 Å². The molecule has 2 unspecified atom stereocenters. The van der Waals surface area contributed by atoms with Crippen LogP contribution in [0.25, 0.3) is 0 Å². The van der Waals surface area contributed by atoms with E-state index in [0.29, 0.717) is 23.9 Å². The molecule has 0 amide bonds. The molecule has 0 rings (SSSR count). The van der Waals surface area contributed by atoms with Crippen molar-refractivity contribution < 1.29 is 42.9 Å². The number of ether oxygens (including phenoxy) is 4. The minimum Gasteiger partial charge on any atom is -0.477 e. The van der Waals surface area contributed by atoms with Crippen molar-refractivity contribution in [1.82, 2.24) is 0 Å². The number of esters is 2. The van der Waals surface area contributed by atoms with Gasteiger partial charge in [0.15, 0.2) is 6.10 Å². The van der Waals surface area contributed by atoms with Gasteiger partial charge in [-0.1, -0.05) is 277 Å². The summed E-state index contributed by atoms with van der Waals surface area (Å²) in [6.07, 6.45) is 86.2. The van der Waals surface area contributed by atoms with Gasteiger partial charge in [0.2, 0.25) is 0 Å². The summed E-state index contributed by atoms with van der Waals surface area (Å²) in [6, 6.07) is 0. The smallest absolute Gasteiger partial charge is 0.361 e. The van der Waals surface area contributed by atoms with Gasteiger partial charge in [0.05, 0.1) is 34.4 Å². The highest BCUT2D eigenvalue weighted by Gasteiger charge is 2.25. The molecule has 476 valence electrons. The van der Waals surface area contributed by atoms with E-state index >= 15 is 0 Å². The van der Waals surface area contributed by atoms with Crippen LogP contribution in [-0.2, 0) is 33.3 Å². The molecular weight excluding hydrogens is 1030 g/mol. The molecule has 0 heterocycles. The van der Waals surface area contributed by atoms with Crippen LogP contribution in [-0.4, -0.2) is 87.4 Å². The molecule has 0 aliphatic carbocycles. The molecule has 0 radical (unpaired) electrons. The maximum Gasteiger partial charge on any atom is 0.361 e. The Labute approximate surface area is 511 Å². The van der Waals surface area contributed by atoms with Crippen LogP contribution in [0.2, 0.25) is 0 Å². The first-order valence-electron chi connectivity index (χ1n) is 34.1. The number of carbonyl (C=O) groups is 3. The normalized spacial score (nSPS) is 13.4. The summed E-state index contributed by atoms with van der Waals surface area (Å²) in [5.41, 5.74) is 0. The van der Waals surface area contributed by atoms with E-state index in [1.807, 2.05) is 21.1 Å². The van der Waals surface area contributed by atoms with Gasteiger partial charge in [-0.05, 0) is 103 Å². The van der Waals surface area contributed by atoms with Crippen molar-refractivity contribution in [3.8, 4) is 0 Å².